The Morgan fingerprint density at radius 3 is 3.00 bits per heavy atom. The number of nitrogens with one attached hydrogen (secondary N) is 1. The summed E-state index contributed by atoms with van der Waals surface area (Å²) in [6.07, 6.45) is 5.21. The molecular weight excluding hydrogens is 224 g/mol. The summed E-state index contributed by atoms with van der Waals surface area (Å²) >= 11 is 0. The van der Waals surface area contributed by atoms with Crippen LogP contribution in [0.4, 0.5) is 5.69 Å². The second kappa shape index (κ2) is 6.30. The summed E-state index contributed by atoms with van der Waals surface area (Å²) in [6, 6.07) is 10.4. The number of anilines is 1. The molecule has 1 aliphatic rings. The fourth-order valence-corrected chi connectivity index (χ4v) is 2.54. The Kier molecular flexibility index (Phi) is 4.46. The van der Waals surface area contributed by atoms with Crippen LogP contribution in [-0.2, 0) is 0 Å². The Morgan fingerprint density at radius 2 is 2.22 bits per heavy atom. The van der Waals surface area contributed by atoms with Gasteiger partial charge >= 0.3 is 0 Å². The minimum absolute atomic E-state index is 0.100. The predicted octanol–water partition coefficient (Wildman–Crippen LogP) is 3.58. The van der Waals surface area contributed by atoms with E-state index in [0.717, 1.165) is 17.4 Å². The maximum absolute atomic E-state index is 8.50. The molecule has 2 rings (SSSR count). The molecule has 1 aromatic carbocycles. The molecule has 0 aromatic heterocycles. The van der Waals surface area contributed by atoms with Crippen LogP contribution in [0.3, 0.4) is 0 Å². The minimum Gasteiger partial charge on any atom is -0.479 e. The molecule has 1 fully saturated rings. The van der Waals surface area contributed by atoms with Gasteiger partial charge in [-0.1, -0.05) is 25.8 Å². The number of rotatable bonds is 4. The van der Waals surface area contributed by atoms with E-state index in [-0.39, 0.29) is 6.61 Å². The number of hydrogen-bond donors (Lipinski definition) is 1. The van der Waals surface area contributed by atoms with Gasteiger partial charge in [0.05, 0.1) is 0 Å². The number of benzene rings is 1. The van der Waals surface area contributed by atoms with E-state index in [0.29, 0.717) is 6.04 Å². The van der Waals surface area contributed by atoms with Crippen LogP contribution in [0.2, 0.25) is 0 Å². The Hall–Kier alpha value is -1.69. The van der Waals surface area contributed by atoms with Gasteiger partial charge in [-0.25, -0.2) is 0 Å². The molecule has 3 nitrogen and oxygen atoms in total. The average Bonchev–Trinajstić information content (AvgIpc) is 2.40. The summed E-state index contributed by atoms with van der Waals surface area (Å²) in [5, 5.41) is 12.1. The van der Waals surface area contributed by atoms with Crippen LogP contribution in [0.1, 0.15) is 32.6 Å². The monoisotopic (exact) mass is 244 g/mol. The molecule has 1 aromatic rings. The van der Waals surface area contributed by atoms with E-state index in [1.807, 2.05) is 24.3 Å². The van der Waals surface area contributed by atoms with Crippen LogP contribution in [0, 0.1) is 17.2 Å². The van der Waals surface area contributed by atoms with Gasteiger partial charge in [0.1, 0.15) is 11.8 Å². The third kappa shape index (κ3) is 3.40. The van der Waals surface area contributed by atoms with Crippen molar-refractivity contribution < 1.29 is 4.74 Å². The largest absolute Gasteiger partial charge is 0.479 e. The number of nitriles is 1. The van der Waals surface area contributed by atoms with Crippen molar-refractivity contribution in [2.75, 3.05) is 11.9 Å². The van der Waals surface area contributed by atoms with Crippen LogP contribution in [-0.4, -0.2) is 12.6 Å². The molecule has 0 radical (unpaired) electrons. The van der Waals surface area contributed by atoms with Crippen molar-refractivity contribution in [3.63, 3.8) is 0 Å². The lowest BCUT2D eigenvalue weighted by molar-refractivity contribution is 0.349. The van der Waals surface area contributed by atoms with Crippen molar-refractivity contribution in [1.29, 1.82) is 5.26 Å². The zero-order valence-corrected chi connectivity index (χ0v) is 10.9. The van der Waals surface area contributed by atoms with Gasteiger partial charge < -0.3 is 10.1 Å². The molecule has 0 heterocycles. The molecule has 2 unspecified atom stereocenters. The van der Waals surface area contributed by atoms with Crippen LogP contribution >= 0.6 is 0 Å². The third-order valence-electron chi connectivity index (χ3n) is 3.60. The minimum atomic E-state index is 0.100. The van der Waals surface area contributed by atoms with E-state index in [9.17, 15) is 0 Å². The molecule has 0 aliphatic heterocycles. The van der Waals surface area contributed by atoms with Crippen molar-refractivity contribution in [2.45, 2.75) is 38.6 Å². The molecule has 18 heavy (non-hydrogen) atoms. The van der Waals surface area contributed by atoms with E-state index >= 15 is 0 Å². The van der Waals surface area contributed by atoms with E-state index in [1.54, 1.807) is 0 Å². The molecule has 1 saturated carbocycles. The van der Waals surface area contributed by atoms with Gasteiger partial charge in [-0.3, -0.25) is 0 Å². The van der Waals surface area contributed by atoms with E-state index in [2.05, 4.69) is 18.3 Å². The Bertz CT molecular complexity index is 425. The topological polar surface area (TPSA) is 45.0 Å². The third-order valence-corrected chi connectivity index (χ3v) is 3.60. The Balaban J connectivity index is 1.98. The van der Waals surface area contributed by atoms with Crippen LogP contribution < -0.4 is 10.1 Å². The van der Waals surface area contributed by atoms with Crippen LogP contribution in [0.15, 0.2) is 24.3 Å². The van der Waals surface area contributed by atoms with Gasteiger partial charge in [-0.2, -0.15) is 5.26 Å². The molecule has 2 atom stereocenters. The zero-order valence-electron chi connectivity index (χ0n) is 10.9. The summed E-state index contributed by atoms with van der Waals surface area (Å²) in [6.45, 7) is 2.41. The first-order chi connectivity index (χ1) is 8.79. The summed E-state index contributed by atoms with van der Waals surface area (Å²) in [5.74, 6) is 1.48. The van der Waals surface area contributed by atoms with Gasteiger partial charge in [-0.15, -0.1) is 0 Å². The predicted molar refractivity (Wildman–Crippen MR) is 72.6 cm³/mol. The molecule has 96 valence electrons. The van der Waals surface area contributed by atoms with Crippen molar-refractivity contribution >= 4 is 5.69 Å². The summed E-state index contributed by atoms with van der Waals surface area (Å²) < 4.78 is 5.31. The molecule has 1 N–H and O–H groups in total. The molecule has 3 heteroatoms. The molecule has 0 saturated heterocycles. The number of hydrogen-bond acceptors (Lipinski definition) is 3. The Morgan fingerprint density at radius 1 is 1.39 bits per heavy atom. The van der Waals surface area contributed by atoms with Gasteiger partial charge in [0.25, 0.3) is 0 Å². The molecule has 0 amide bonds. The summed E-state index contributed by atoms with van der Waals surface area (Å²) in [4.78, 5) is 0. The fraction of sp³-hybridized carbons (Fsp3) is 0.533. The lowest BCUT2D eigenvalue weighted by Gasteiger charge is -2.30. The van der Waals surface area contributed by atoms with Gasteiger partial charge in [0.15, 0.2) is 6.61 Å². The highest BCUT2D eigenvalue weighted by molar-refractivity contribution is 5.49. The molecule has 0 bridgehead atoms. The highest BCUT2D eigenvalue weighted by Crippen LogP contribution is 2.27. The second-order valence-electron chi connectivity index (χ2n) is 4.99. The van der Waals surface area contributed by atoms with E-state index in [4.69, 9.17) is 10.00 Å². The SMILES string of the molecule is CC1CCCCC1Nc1cccc(OCC#N)c1. The molecule has 0 spiro atoms. The lowest BCUT2D eigenvalue weighted by Crippen LogP contribution is -2.30. The maximum Gasteiger partial charge on any atom is 0.174 e. The summed E-state index contributed by atoms with van der Waals surface area (Å²) in [7, 11) is 0. The zero-order chi connectivity index (χ0) is 12.8. The highest BCUT2D eigenvalue weighted by atomic mass is 16.5. The van der Waals surface area contributed by atoms with Crippen molar-refractivity contribution in [3.8, 4) is 11.8 Å². The fourth-order valence-electron chi connectivity index (χ4n) is 2.54. The van der Waals surface area contributed by atoms with Crippen molar-refractivity contribution in [1.82, 2.24) is 0 Å². The first-order valence-electron chi connectivity index (χ1n) is 6.66. The highest BCUT2D eigenvalue weighted by Gasteiger charge is 2.20. The average molecular weight is 244 g/mol. The lowest BCUT2D eigenvalue weighted by atomic mass is 9.86. The number of nitrogens with zero attached hydrogens (tertiary/aromatic N) is 1. The van der Waals surface area contributed by atoms with Gasteiger partial charge in [0.2, 0.25) is 0 Å². The maximum atomic E-state index is 8.50. The van der Waals surface area contributed by atoms with Crippen LogP contribution in [0.25, 0.3) is 0 Å². The molecular formula is C15H20N2O. The smallest absolute Gasteiger partial charge is 0.174 e. The molecule has 1 aliphatic carbocycles. The quantitative estimate of drug-likeness (QED) is 0.880. The first-order valence-corrected chi connectivity index (χ1v) is 6.66. The first kappa shape index (κ1) is 12.8. The van der Waals surface area contributed by atoms with Gasteiger partial charge in [-0.05, 0) is 30.9 Å². The standard InChI is InChI=1S/C15H20N2O/c1-12-5-2-3-8-15(12)17-13-6-4-7-14(11-13)18-10-9-16/h4,6-7,11-12,15,17H,2-3,5,8,10H2,1H3. The van der Waals surface area contributed by atoms with Gasteiger partial charge in [0, 0.05) is 17.8 Å². The van der Waals surface area contributed by atoms with Crippen molar-refractivity contribution in [3.05, 3.63) is 24.3 Å². The van der Waals surface area contributed by atoms with E-state index in [1.165, 1.54) is 25.7 Å². The normalized spacial score (nSPS) is 23.1. The summed E-state index contributed by atoms with van der Waals surface area (Å²) in [5.41, 5.74) is 1.09. The number of ether oxygens (including phenoxy) is 1. The Labute approximate surface area is 109 Å². The second-order valence-corrected chi connectivity index (χ2v) is 4.99. The van der Waals surface area contributed by atoms with Crippen LogP contribution in [0.5, 0.6) is 5.75 Å². The van der Waals surface area contributed by atoms with Crippen molar-refractivity contribution in [2.24, 2.45) is 5.92 Å². The van der Waals surface area contributed by atoms with E-state index < -0.39 is 0 Å².